The smallest absolute Gasteiger partial charge is 0.264 e. The topological polar surface area (TPSA) is 51.2 Å². The second-order valence-corrected chi connectivity index (χ2v) is 7.75. The Labute approximate surface area is 158 Å². The highest BCUT2D eigenvalue weighted by molar-refractivity contribution is 7.22. The van der Waals surface area contributed by atoms with Gasteiger partial charge in [0.1, 0.15) is 5.75 Å². The molecule has 1 aromatic heterocycles. The molecule has 0 aliphatic rings. The van der Waals surface area contributed by atoms with E-state index in [9.17, 15) is 4.79 Å². The van der Waals surface area contributed by atoms with Gasteiger partial charge < -0.3 is 4.74 Å². The number of carbonyl (C=O) groups excluding carboxylic acids is 1. The monoisotopic (exact) mass is 368 g/mol. The Bertz CT molecular complexity index is 913. The number of ether oxygens (including phenoxy) is 1. The van der Waals surface area contributed by atoms with Crippen LogP contribution in [0.15, 0.2) is 36.4 Å². The minimum atomic E-state index is -0.203. The maximum atomic E-state index is 12.2. The molecule has 0 saturated carbocycles. The highest BCUT2D eigenvalue weighted by Gasteiger charge is 2.11. The number of aryl methyl sites for hydroxylation is 2. The van der Waals surface area contributed by atoms with Gasteiger partial charge >= 0.3 is 0 Å². The van der Waals surface area contributed by atoms with Crippen molar-refractivity contribution in [3.05, 3.63) is 53.1 Å². The normalized spacial score (nSPS) is 12.2. The number of amides is 1. The molecule has 0 bridgehead atoms. The summed E-state index contributed by atoms with van der Waals surface area (Å²) < 4.78 is 6.70. The molecule has 136 valence electrons. The van der Waals surface area contributed by atoms with E-state index in [4.69, 9.17) is 4.74 Å². The number of aromatic nitrogens is 1. The number of nitrogens with one attached hydrogen (secondary N) is 1. The van der Waals surface area contributed by atoms with Gasteiger partial charge in [-0.25, -0.2) is 4.98 Å². The molecule has 1 unspecified atom stereocenters. The number of benzene rings is 2. The molecular weight excluding hydrogens is 344 g/mol. The standard InChI is InChI=1S/C21H24N2O2S/c1-5-15(4)16-6-7-18-19(11-16)26-21(22-18)23-20(24)12-25-17-9-13(2)8-14(3)10-17/h6-11,15H,5,12H2,1-4H3,(H,22,23,24). The average Bonchev–Trinajstić information content (AvgIpc) is 2.99. The molecule has 1 N–H and O–H groups in total. The number of nitrogens with zero attached hydrogens (tertiary/aromatic N) is 1. The number of fused-ring (bicyclic) bond motifs is 1. The third kappa shape index (κ3) is 4.41. The third-order valence-corrected chi connectivity index (χ3v) is 5.34. The molecule has 1 atom stereocenters. The summed E-state index contributed by atoms with van der Waals surface area (Å²) in [6.07, 6.45) is 1.10. The van der Waals surface area contributed by atoms with Crippen LogP contribution < -0.4 is 10.1 Å². The SMILES string of the molecule is CCC(C)c1ccc2nc(NC(=O)COc3cc(C)cc(C)c3)sc2c1. The van der Waals surface area contributed by atoms with E-state index in [0.29, 0.717) is 16.8 Å². The average molecular weight is 369 g/mol. The van der Waals surface area contributed by atoms with Crippen molar-refractivity contribution < 1.29 is 9.53 Å². The molecule has 0 aliphatic carbocycles. The molecule has 0 fully saturated rings. The van der Waals surface area contributed by atoms with Gasteiger partial charge in [0.25, 0.3) is 5.91 Å². The molecule has 1 heterocycles. The van der Waals surface area contributed by atoms with Gasteiger partial charge in [0.15, 0.2) is 11.7 Å². The van der Waals surface area contributed by atoms with Crippen molar-refractivity contribution >= 4 is 32.6 Å². The lowest BCUT2D eigenvalue weighted by Crippen LogP contribution is -2.20. The van der Waals surface area contributed by atoms with Gasteiger partial charge in [-0.3, -0.25) is 10.1 Å². The van der Waals surface area contributed by atoms with Gasteiger partial charge in [0, 0.05) is 0 Å². The number of carbonyl (C=O) groups is 1. The molecule has 3 rings (SSSR count). The molecule has 0 spiro atoms. The predicted molar refractivity (Wildman–Crippen MR) is 108 cm³/mol. The van der Waals surface area contributed by atoms with Crippen LogP contribution in [0.5, 0.6) is 5.75 Å². The molecular formula is C21H24N2O2S. The van der Waals surface area contributed by atoms with E-state index >= 15 is 0 Å². The van der Waals surface area contributed by atoms with E-state index in [1.54, 1.807) is 0 Å². The Morgan fingerprint density at radius 1 is 1.19 bits per heavy atom. The molecule has 3 aromatic rings. The lowest BCUT2D eigenvalue weighted by molar-refractivity contribution is -0.118. The Hall–Kier alpha value is -2.40. The first-order valence-electron chi connectivity index (χ1n) is 8.86. The van der Waals surface area contributed by atoms with Gasteiger partial charge in [0.2, 0.25) is 0 Å². The number of thiazole rings is 1. The van der Waals surface area contributed by atoms with Crippen LogP contribution in [0.1, 0.15) is 42.9 Å². The molecule has 0 saturated heterocycles. The Kier molecular flexibility index (Phi) is 5.57. The van der Waals surface area contributed by atoms with Gasteiger partial charge in [0.05, 0.1) is 10.2 Å². The predicted octanol–water partition coefficient (Wildman–Crippen LogP) is 5.44. The molecule has 2 aromatic carbocycles. The molecule has 5 heteroatoms. The maximum absolute atomic E-state index is 12.2. The van der Waals surface area contributed by atoms with Crippen LogP contribution in [0.25, 0.3) is 10.2 Å². The van der Waals surface area contributed by atoms with Crippen molar-refractivity contribution in [2.75, 3.05) is 11.9 Å². The van der Waals surface area contributed by atoms with Crippen molar-refractivity contribution in [2.45, 2.75) is 40.0 Å². The summed E-state index contributed by atoms with van der Waals surface area (Å²) in [4.78, 5) is 16.7. The quantitative estimate of drug-likeness (QED) is 0.630. The summed E-state index contributed by atoms with van der Waals surface area (Å²) in [6.45, 7) is 8.39. The van der Waals surface area contributed by atoms with Gasteiger partial charge in [-0.1, -0.05) is 37.3 Å². The van der Waals surface area contributed by atoms with Crippen molar-refractivity contribution in [2.24, 2.45) is 0 Å². The number of anilines is 1. The number of hydrogen-bond donors (Lipinski definition) is 1. The van der Waals surface area contributed by atoms with Crippen LogP contribution in [-0.2, 0) is 4.79 Å². The summed E-state index contributed by atoms with van der Waals surface area (Å²) in [5, 5.41) is 3.44. The Balaban J connectivity index is 1.65. The Morgan fingerprint density at radius 2 is 1.92 bits per heavy atom. The van der Waals surface area contributed by atoms with E-state index in [1.807, 2.05) is 32.0 Å². The second-order valence-electron chi connectivity index (χ2n) is 6.72. The highest BCUT2D eigenvalue weighted by Crippen LogP contribution is 2.30. The minimum Gasteiger partial charge on any atom is -0.484 e. The van der Waals surface area contributed by atoms with Crippen LogP contribution in [-0.4, -0.2) is 17.5 Å². The minimum absolute atomic E-state index is 0.0308. The van der Waals surface area contributed by atoms with Crippen LogP contribution in [0.2, 0.25) is 0 Å². The molecule has 0 radical (unpaired) electrons. The third-order valence-electron chi connectivity index (χ3n) is 4.41. The summed E-state index contributed by atoms with van der Waals surface area (Å²) >= 11 is 1.50. The van der Waals surface area contributed by atoms with Crippen LogP contribution in [0.3, 0.4) is 0 Å². The van der Waals surface area contributed by atoms with Gasteiger partial charge in [-0.05, 0) is 67.1 Å². The van der Waals surface area contributed by atoms with E-state index in [1.165, 1.54) is 16.9 Å². The number of rotatable bonds is 6. The van der Waals surface area contributed by atoms with Crippen molar-refractivity contribution in [1.29, 1.82) is 0 Å². The summed E-state index contributed by atoms with van der Waals surface area (Å²) in [5.41, 5.74) is 4.44. The van der Waals surface area contributed by atoms with Crippen molar-refractivity contribution in [1.82, 2.24) is 4.98 Å². The van der Waals surface area contributed by atoms with E-state index < -0.39 is 0 Å². The summed E-state index contributed by atoms with van der Waals surface area (Å²) in [7, 11) is 0. The van der Waals surface area contributed by atoms with E-state index in [0.717, 1.165) is 27.8 Å². The number of hydrogen-bond acceptors (Lipinski definition) is 4. The fourth-order valence-electron chi connectivity index (χ4n) is 2.86. The van der Waals surface area contributed by atoms with Gasteiger partial charge in [-0.15, -0.1) is 0 Å². The van der Waals surface area contributed by atoms with E-state index in [2.05, 4.69) is 42.3 Å². The molecule has 4 nitrogen and oxygen atoms in total. The van der Waals surface area contributed by atoms with Crippen molar-refractivity contribution in [3.63, 3.8) is 0 Å². The van der Waals surface area contributed by atoms with E-state index in [-0.39, 0.29) is 12.5 Å². The molecule has 1 amide bonds. The zero-order valence-corrected chi connectivity index (χ0v) is 16.4. The van der Waals surface area contributed by atoms with Gasteiger partial charge in [-0.2, -0.15) is 0 Å². The summed E-state index contributed by atoms with van der Waals surface area (Å²) in [6, 6.07) is 12.2. The molecule has 26 heavy (non-hydrogen) atoms. The summed E-state index contributed by atoms with van der Waals surface area (Å²) in [5.74, 6) is 1.02. The zero-order valence-electron chi connectivity index (χ0n) is 15.6. The maximum Gasteiger partial charge on any atom is 0.264 e. The lowest BCUT2D eigenvalue weighted by Gasteiger charge is -2.07. The largest absolute Gasteiger partial charge is 0.484 e. The fraction of sp³-hybridized carbons (Fsp3) is 0.333. The van der Waals surface area contributed by atoms with Crippen molar-refractivity contribution in [3.8, 4) is 5.75 Å². The second kappa shape index (κ2) is 7.87. The van der Waals surface area contributed by atoms with Crippen LogP contribution in [0, 0.1) is 13.8 Å². The highest BCUT2D eigenvalue weighted by atomic mass is 32.1. The first-order valence-corrected chi connectivity index (χ1v) is 9.67. The first-order chi connectivity index (χ1) is 12.4. The Morgan fingerprint density at radius 3 is 2.62 bits per heavy atom. The fourth-order valence-corrected chi connectivity index (χ4v) is 3.79. The lowest BCUT2D eigenvalue weighted by atomic mass is 9.99. The van der Waals surface area contributed by atoms with Crippen LogP contribution >= 0.6 is 11.3 Å². The van der Waals surface area contributed by atoms with Crippen LogP contribution in [0.4, 0.5) is 5.13 Å². The zero-order chi connectivity index (χ0) is 18.7. The first kappa shape index (κ1) is 18.4. The molecule has 0 aliphatic heterocycles.